The van der Waals surface area contributed by atoms with Gasteiger partial charge in [-0.25, -0.2) is 14.2 Å². The van der Waals surface area contributed by atoms with Crippen molar-refractivity contribution in [3.63, 3.8) is 0 Å². The molecule has 228 valence electrons. The number of carbonyl (C=O) groups excluding carboxylic acids is 2. The fraction of sp³-hybridized carbons (Fsp3) is 0.514. The fourth-order valence-corrected chi connectivity index (χ4v) is 7.64. The van der Waals surface area contributed by atoms with Crippen molar-refractivity contribution in [3.05, 3.63) is 65.1 Å². The van der Waals surface area contributed by atoms with Crippen molar-refractivity contribution in [2.75, 3.05) is 13.7 Å². The second-order valence-electron chi connectivity index (χ2n) is 13.3. The third kappa shape index (κ3) is 5.68. The Morgan fingerprint density at radius 1 is 1.05 bits per heavy atom. The molecule has 43 heavy (non-hydrogen) atoms. The number of aromatic amines is 1. The standard InChI is InChI=1S/C35H43FN4O3/c1-21(2)31(39-34(42)43-4)33(41)40-20-25(36)16-30(40)32-37-19-29(38-32)24-11-9-23(10-12-24)26-13-8-22(3)27-17-35(18-28(26)27)14-6-5-7-15-35/h8-13,19,21,25,30-31H,5-7,14-18,20H2,1-4H3,(H,37,38)(H,39,42)/t25-,30-,31-/m0/s1. The molecule has 8 heteroatoms. The number of methoxy groups -OCH3 is 1. The molecule has 2 amide bonds. The van der Waals surface area contributed by atoms with E-state index in [4.69, 9.17) is 4.74 Å². The molecule has 0 radical (unpaired) electrons. The third-order valence-corrected chi connectivity index (χ3v) is 10.0. The van der Waals surface area contributed by atoms with Crippen LogP contribution >= 0.6 is 0 Å². The number of halogens is 1. The van der Waals surface area contributed by atoms with E-state index in [2.05, 4.69) is 58.6 Å². The highest BCUT2D eigenvalue weighted by molar-refractivity contribution is 5.86. The second-order valence-corrected chi connectivity index (χ2v) is 13.3. The molecule has 0 bridgehead atoms. The zero-order chi connectivity index (χ0) is 30.3. The van der Waals surface area contributed by atoms with Gasteiger partial charge < -0.3 is 19.9 Å². The van der Waals surface area contributed by atoms with E-state index < -0.39 is 24.3 Å². The number of H-pyrrole nitrogens is 1. The highest BCUT2D eigenvalue weighted by atomic mass is 19.1. The summed E-state index contributed by atoms with van der Waals surface area (Å²) in [6.07, 6.45) is 9.21. The lowest BCUT2D eigenvalue weighted by Crippen LogP contribution is -2.51. The first-order valence-electron chi connectivity index (χ1n) is 15.7. The molecule has 2 N–H and O–H groups in total. The van der Waals surface area contributed by atoms with Gasteiger partial charge in [-0.15, -0.1) is 0 Å². The minimum atomic E-state index is -1.17. The number of fused-ring (bicyclic) bond motifs is 1. The van der Waals surface area contributed by atoms with E-state index in [0.29, 0.717) is 11.2 Å². The Kier molecular flexibility index (Phi) is 8.05. The Morgan fingerprint density at radius 3 is 2.44 bits per heavy atom. The van der Waals surface area contributed by atoms with Gasteiger partial charge in [-0.05, 0) is 77.3 Å². The number of alkyl carbamates (subject to hydrolysis) is 1. The highest BCUT2D eigenvalue weighted by Gasteiger charge is 2.42. The summed E-state index contributed by atoms with van der Waals surface area (Å²) in [5.41, 5.74) is 9.32. The summed E-state index contributed by atoms with van der Waals surface area (Å²) < 4.78 is 19.4. The minimum Gasteiger partial charge on any atom is -0.453 e. The number of benzene rings is 2. The molecule has 3 atom stereocenters. The lowest BCUT2D eigenvalue weighted by molar-refractivity contribution is -0.135. The van der Waals surface area contributed by atoms with Crippen LogP contribution in [0, 0.1) is 18.3 Å². The number of likely N-dealkylation sites (tertiary alicyclic amines) is 1. The molecule has 2 fully saturated rings. The number of hydrogen-bond acceptors (Lipinski definition) is 4. The molecule has 2 aromatic carbocycles. The van der Waals surface area contributed by atoms with Crippen molar-refractivity contribution in [3.8, 4) is 22.4 Å². The molecule has 3 aromatic rings. The predicted molar refractivity (Wildman–Crippen MR) is 165 cm³/mol. The molecule has 1 saturated carbocycles. The molecule has 1 aliphatic heterocycles. The summed E-state index contributed by atoms with van der Waals surface area (Å²) in [7, 11) is 1.25. The van der Waals surface area contributed by atoms with E-state index in [1.54, 1.807) is 11.8 Å². The van der Waals surface area contributed by atoms with E-state index in [0.717, 1.165) is 11.3 Å². The van der Waals surface area contributed by atoms with Gasteiger partial charge in [0.05, 0.1) is 31.6 Å². The summed E-state index contributed by atoms with van der Waals surface area (Å²) >= 11 is 0. The van der Waals surface area contributed by atoms with Gasteiger partial charge in [0.1, 0.15) is 18.0 Å². The minimum absolute atomic E-state index is 0.0392. The van der Waals surface area contributed by atoms with Gasteiger partial charge >= 0.3 is 6.09 Å². The number of aryl methyl sites for hydroxylation is 1. The molecule has 1 aromatic heterocycles. The van der Waals surface area contributed by atoms with E-state index in [1.165, 1.54) is 79.2 Å². The SMILES string of the molecule is COC(=O)N[C@H](C(=O)N1C[C@@H](F)C[C@H]1c1ncc(-c2ccc(-c3ccc(C)c4c3CC3(CCCCC3)C4)cc2)[nH]1)C(C)C. The summed E-state index contributed by atoms with van der Waals surface area (Å²) in [6.45, 7) is 5.89. The smallest absolute Gasteiger partial charge is 0.407 e. The van der Waals surface area contributed by atoms with Gasteiger partial charge in [-0.3, -0.25) is 4.79 Å². The average Bonchev–Trinajstić information content (AvgIpc) is 3.73. The molecule has 6 rings (SSSR count). The fourth-order valence-electron chi connectivity index (χ4n) is 7.64. The van der Waals surface area contributed by atoms with Gasteiger partial charge in [-0.2, -0.15) is 0 Å². The zero-order valence-electron chi connectivity index (χ0n) is 25.7. The number of ether oxygens (including phenoxy) is 1. The van der Waals surface area contributed by atoms with E-state index in [9.17, 15) is 14.0 Å². The van der Waals surface area contributed by atoms with Gasteiger partial charge in [0.15, 0.2) is 0 Å². The maximum absolute atomic E-state index is 14.7. The van der Waals surface area contributed by atoms with Crippen molar-refractivity contribution in [2.24, 2.45) is 11.3 Å². The molecule has 1 saturated heterocycles. The molecular formula is C35H43FN4O3. The molecule has 7 nitrogen and oxygen atoms in total. The van der Waals surface area contributed by atoms with E-state index >= 15 is 0 Å². The molecule has 0 unspecified atom stereocenters. The summed E-state index contributed by atoms with van der Waals surface area (Å²) in [5, 5.41) is 2.61. The maximum Gasteiger partial charge on any atom is 0.407 e. The van der Waals surface area contributed by atoms with Crippen molar-refractivity contribution in [1.29, 1.82) is 0 Å². The summed E-state index contributed by atoms with van der Waals surface area (Å²) in [5.74, 6) is 0.00956. The Labute approximate surface area is 253 Å². The number of alkyl halides is 1. The van der Waals surface area contributed by atoms with Crippen LogP contribution in [0.4, 0.5) is 9.18 Å². The topological polar surface area (TPSA) is 87.3 Å². The van der Waals surface area contributed by atoms with Gasteiger partial charge in [-0.1, -0.05) is 69.5 Å². The number of carbonyl (C=O) groups is 2. The van der Waals surface area contributed by atoms with Crippen LogP contribution in [0.5, 0.6) is 0 Å². The number of rotatable bonds is 6. The zero-order valence-corrected chi connectivity index (χ0v) is 25.7. The number of imidazole rings is 1. The lowest BCUT2D eigenvalue weighted by atomic mass is 9.72. The van der Waals surface area contributed by atoms with Gasteiger partial charge in [0.2, 0.25) is 5.91 Å². The normalized spacial score (nSPS) is 21.7. The first kappa shape index (κ1) is 29.4. The Hall–Kier alpha value is -3.68. The molecular weight excluding hydrogens is 543 g/mol. The van der Waals surface area contributed by atoms with Crippen LogP contribution in [-0.2, 0) is 22.4 Å². The Morgan fingerprint density at radius 2 is 1.74 bits per heavy atom. The average molecular weight is 587 g/mol. The van der Waals surface area contributed by atoms with Crippen molar-refractivity contribution in [2.45, 2.75) is 90.4 Å². The second kappa shape index (κ2) is 11.8. The molecule has 3 aliphatic rings. The monoisotopic (exact) mass is 586 g/mol. The van der Waals surface area contributed by atoms with Crippen LogP contribution in [-0.4, -0.2) is 52.7 Å². The van der Waals surface area contributed by atoms with Crippen LogP contribution in [0.1, 0.15) is 80.9 Å². The number of nitrogens with zero attached hydrogens (tertiary/aromatic N) is 2. The summed E-state index contributed by atoms with van der Waals surface area (Å²) in [6, 6.07) is 11.8. The van der Waals surface area contributed by atoms with E-state index in [-0.39, 0.29) is 24.8 Å². The van der Waals surface area contributed by atoms with Crippen LogP contribution in [0.3, 0.4) is 0 Å². The number of aromatic nitrogens is 2. The number of amides is 2. The summed E-state index contributed by atoms with van der Waals surface area (Å²) in [4.78, 5) is 34.8. The van der Waals surface area contributed by atoms with Crippen LogP contribution in [0.15, 0.2) is 42.6 Å². The maximum atomic E-state index is 14.7. The third-order valence-electron chi connectivity index (χ3n) is 10.0. The molecule has 2 heterocycles. The Balaban J connectivity index is 1.22. The first-order valence-corrected chi connectivity index (χ1v) is 15.7. The first-order chi connectivity index (χ1) is 20.7. The molecule has 2 aliphatic carbocycles. The molecule has 1 spiro atoms. The Bertz CT molecular complexity index is 1490. The van der Waals surface area contributed by atoms with Gasteiger partial charge in [0.25, 0.3) is 0 Å². The van der Waals surface area contributed by atoms with Crippen molar-refractivity contribution < 1.29 is 18.7 Å². The van der Waals surface area contributed by atoms with E-state index in [1.807, 2.05) is 13.8 Å². The lowest BCUT2D eigenvalue weighted by Gasteiger charge is -2.33. The van der Waals surface area contributed by atoms with Crippen LogP contribution < -0.4 is 5.32 Å². The number of nitrogens with one attached hydrogen (secondary N) is 2. The van der Waals surface area contributed by atoms with Crippen LogP contribution in [0.25, 0.3) is 22.4 Å². The quantitative estimate of drug-likeness (QED) is 0.323. The largest absolute Gasteiger partial charge is 0.453 e. The van der Waals surface area contributed by atoms with Gasteiger partial charge in [0, 0.05) is 6.42 Å². The van der Waals surface area contributed by atoms with Crippen molar-refractivity contribution >= 4 is 12.0 Å². The van der Waals surface area contributed by atoms with Crippen molar-refractivity contribution in [1.82, 2.24) is 20.2 Å². The number of hydrogen-bond donors (Lipinski definition) is 2. The van der Waals surface area contributed by atoms with Crippen LogP contribution in [0.2, 0.25) is 0 Å². The predicted octanol–water partition coefficient (Wildman–Crippen LogP) is 7.09. The highest BCUT2D eigenvalue weighted by Crippen LogP contribution is 2.50.